The molecular weight excluding hydrogens is 176 g/mol. The Bertz CT molecular complexity index is 126. The van der Waals surface area contributed by atoms with Gasteiger partial charge in [-0.1, -0.05) is 6.92 Å². The molecule has 0 saturated carbocycles. The largest absolute Gasteiger partial charge is 0.391 e. The van der Waals surface area contributed by atoms with Crippen LogP contribution in [0.5, 0.6) is 0 Å². The second kappa shape index (κ2) is 7.75. The van der Waals surface area contributed by atoms with Crippen molar-refractivity contribution in [2.45, 2.75) is 13.3 Å². The van der Waals surface area contributed by atoms with Crippen LogP contribution in [0.1, 0.15) is 13.3 Å². The van der Waals surface area contributed by atoms with Gasteiger partial charge in [-0.05, 0) is 6.42 Å². The van der Waals surface area contributed by atoms with E-state index in [2.05, 4.69) is 21.0 Å². The summed E-state index contributed by atoms with van der Waals surface area (Å²) in [6, 6.07) is 0. The SMILES string of the molecule is CCC[N+](C)(C)CCO.O=[N+]([O-])[O-]. The maximum Gasteiger partial charge on any atom is 0.102 e. The van der Waals surface area contributed by atoms with Crippen LogP contribution in [0.2, 0.25) is 0 Å². The molecule has 6 heteroatoms. The van der Waals surface area contributed by atoms with Crippen LogP contribution in [-0.2, 0) is 0 Å². The van der Waals surface area contributed by atoms with Crippen molar-refractivity contribution in [2.24, 2.45) is 0 Å². The van der Waals surface area contributed by atoms with Crippen LogP contribution in [0.4, 0.5) is 0 Å². The van der Waals surface area contributed by atoms with Crippen molar-refractivity contribution >= 4 is 0 Å². The van der Waals surface area contributed by atoms with E-state index < -0.39 is 5.09 Å². The molecule has 0 rings (SSSR count). The van der Waals surface area contributed by atoms with Gasteiger partial charge in [-0.25, -0.2) is 0 Å². The van der Waals surface area contributed by atoms with E-state index >= 15 is 0 Å². The molecule has 1 N–H and O–H groups in total. The van der Waals surface area contributed by atoms with E-state index in [1.807, 2.05) is 0 Å². The van der Waals surface area contributed by atoms with E-state index in [1.165, 1.54) is 6.42 Å². The Morgan fingerprint density at radius 3 is 1.92 bits per heavy atom. The van der Waals surface area contributed by atoms with Crippen LogP contribution >= 0.6 is 0 Å². The number of aliphatic hydroxyl groups is 1. The number of rotatable bonds is 4. The van der Waals surface area contributed by atoms with Gasteiger partial charge < -0.3 is 24.9 Å². The van der Waals surface area contributed by atoms with Crippen molar-refractivity contribution in [1.82, 2.24) is 0 Å². The van der Waals surface area contributed by atoms with Crippen LogP contribution < -0.4 is 0 Å². The summed E-state index contributed by atoms with van der Waals surface area (Å²) in [4.78, 5) is 8.25. The van der Waals surface area contributed by atoms with E-state index in [9.17, 15) is 0 Å². The predicted molar refractivity (Wildman–Crippen MR) is 49.6 cm³/mol. The zero-order valence-corrected chi connectivity index (χ0v) is 8.39. The summed E-state index contributed by atoms with van der Waals surface area (Å²) < 4.78 is 0.938. The van der Waals surface area contributed by atoms with Crippen molar-refractivity contribution in [2.75, 3.05) is 33.8 Å². The fourth-order valence-corrected chi connectivity index (χ4v) is 0.988. The van der Waals surface area contributed by atoms with Crippen LogP contribution in [0, 0.1) is 15.3 Å². The molecule has 0 aliphatic rings. The first kappa shape index (κ1) is 14.6. The van der Waals surface area contributed by atoms with Gasteiger partial charge in [-0.15, -0.1) is 0 Å². The minimum Gasteiger partial charge on any atom is -0.391 e. The fourth-order valence-electron chi connectivity index (χ4n) is 0.988. The molecule has 0 fully saturated rings. The highest BCUT2D eigenvalue weighted by Crippen LogP contribution is 1.96. The third-order valence-electron chi connectivity index (χ3n) is 1.53. The van der Waals surface area contributed by atoms with E-state index in [0.717, 1.165) is 17.6 Å². The molecule has 6 nitrogen and oxygen atoms in total. The molecule has 13 heavy (non-hydrogen) atoms. The predicted octanol–water partition coefficient (Wildman–Crippen LogP) is 0.226. The second-order valence-electron chi connectivity index (χ2n) is 3.33. The number of aliphatic hydroxyl groups excluding tert-OH is 1. The smallest absolute Gasteiger partial charge is 0.102 e. The quantitative estimate of drug-likeness (QED) is 0.394. The molecule has 0 aromatic carbocycles. The minimum atomic E-state index is -1.75. The summed E-state index contributed by atoms with van der Waals surface area (Å²) in [7, 11) is 4.28. The zero-order chi connectivity index (χ0) is 10.9. The minimum absolute atomic E-state index is 0.299. The molecule has 0 unspecified atom stereocenters. The summed E-state index contributed by atoms with van der Waals surface area (Å²) in [6.07, 6.45) is 1.19. The average Bonchev–Trinajstić information content (AvgIpc) is 1.84. The summed E-state index contributed by atoms with van der Waals surface area (Å²) >= 11 is 0. The standard InChI is InChI=1S/C7H18NO.NO3/c1-4-5-8(2,3)6-7-9;2-1(3)4/h9H,4-7H2,1-3H3;/q+1;-1. The van der Waals surface area contributed by atoms with Crippen LogP contribution in [0.15, 0.2) is 0 Å². The van der Waals surface area contributed by atoms with Crippen molar-refractivity contribution in [3.05, 3.63) is 15.3 Å². The molecule has 0 heterocycles. The molecule has 0 aromatic rings. The summed E-state index contributed by atoms with van der Waals surface area (Å²) in [5.74, 6) is 0. The molecule has 0 amide bonds. The van der Waals surface area contributed by atoms with Gasteiger partial charge in [0.15, 0.2) is 0 Å². The highest BCUT2D eigenvalue weighted by Gasteiger charge is 2.10. The van der Waals surface area contributed by atoms with Crippen LogP contribution in [0.3, 0.4) is 0 Å². The molecule has 0 aromatic heterocycles. The number of hydrogen-bond acceptors (Lipinski definition) is 4. The lowest BCUT2D eigenvalue weighted by Crippen LogP contribution is -2.42. The molecular formula is C7H18N2O4. The number of quaternary nitrogens is 1. The van der Waals surface area contributed by atoms with Crippen LogP contribution in [-0.4, -0.2) is 48.5 Å². The Hall–Kier alpha value is -0.880. The van der Waals surface area contributed by atoms with Crippen molar-refractivity contribution in [3.63, 3.8) is 0 Å². The number of likely N-dealkylation sites (N-methyl/N-ethyl adjacent to an activating group) is 1. The van der Waals surface area contributed by atoms with E-state index in [0.29, 0.717) is 6.61 Å². The Kier molecular flexibility index (Phi) is 8.73. The Morgan fingerprint density at radius 2 is 1.69 bits per heavy atom. The maximum atomic E-state index is 8.61. The Labute approximate surface area is 78.1 Å². The fraction of sp³-hybridized carbons (Fsp3) is 1.00. The second-order valence-corrected chi connectivity index (χ2v) is 3.33. The zero-order valence-electron chi connectivity index (χ0n) is 8.39. The monoisotopic (exact) mass is 194 g/mol. The number of nitrogens with zero attached hydrogens (tertiary/aromatic N) is 2. The molecule has 0 spiro atoms. The van der Waals surface area contributed by atoms with Crippen molar-refractivity contribution in [3.8, 4) is 0 Å². The molecule has 0 radical (unpaired) electrons. The van der Waals surface area contributed by atoms with Gasteiger partial charge in [0, 0.05) is 0 Å². The first-order valence-electron chi connectivity index (χ1n) is 4.10. The van der Waals surface area contributed by atoms with Gasteiger partial charge in [0.25, 0.3) is 0 Å². The average molecular weight is 194 g/mol. The highest BCUT2D eigenvalue weighted by atomic mass is 16.9. The maximum absolute atomic E-state index is 8.61. The molecule has 0 bridgehead atoms. The van der Waals surface area contributed by atoms with Gasteiger partial charge in [-0.3, -0.25) is 0 Å². The first-order chi connectivity index (χ1) is 5.85. The molecule has 0 atom stereocenters. The summed E-state index contributed by atoms with van der Waals surface area (Å²) in [6.45, 7) is 4.48. The van der Waals surface area contributed by atoms with Crippen molar-refractivity contribution < 1.29 is 14.7 Å². The normalized spacial score (nSPS) is 10.2. The Morgan fingerprint density at radius 1 is 1.31 bits per heavy atom. The molecule has 0 saturated heterocycles. The van der Waals surface area contributed by atoms with Gasteiger partial charge >= 0.3 is 0 Å². The third-order valence-corrected chi connectivity index (χ3v) is 1.53. The van der Waals surface area contributed by atoms with Crippen LogP contribution in [0.25, 0.3) is 0 Å². The lowest BCUT2D eigenvalue weighted by Gasteiger charge is -2.28. The van der Waals surface area contributed by atoms with E-state index in [1.54, 1.807) is 0 Å². The lowest BCUT2D eigenvalue weighted by molar-refractivity contribution is -0.890. The number of hydrogen-bond donors (Lipinski definition) is 1. The Balaban J connectivity index is 0. The van der Waals surface area contributed by atoms with E-state index in [4.69, 9.17) is 20.4 Å². The summed E-state index contributed by atoms with van der Waals surface area (Å²) in [5.41, 5.74) is 0. The first-order valence-corrected chi connectivity index (χ1v) is 4.10. The topological polar surface area (TPSA) is 86.4 Å². The third kappa shape index (κ3) is 18.2. The van der Waals surface area contributed by atoms with Crippen molar-refractivity contribution in [1.29, 1.82) is 0 Å². The molecule has 0 aliphatic heterocycles. The highest BCUT2D eigenvalue weighted by molar-refractivity contribution is 4.30. The van der Waals surface area contributed by atoms with Gasteiger partial charge in [0.1, 0.15) is 6.54 Å². The van der Waals surface area contributed by atoms with E-state index in [-0.39, 0.29) is 0 Å². The van der Waals surface area contributed by atoms with Gasteiger partial charge in [0.2, 0.25) is 0 Å². The van der Waals surface area contributed by atoms with Gasteiger partial charge in [0.05, 0.1) is 32.3 Å². The lowest BCUT2D eigenvalue weighted by atomic mass is 10.4. The van der Waals surface area contributed by atoms with Gasteiger partial charge in [-0.2, -0.15) is 0 Å². The molecule has 80 valence electrons. The molecule has 0 aliphatic carbocycles. The summed E-state index contributed by atoms with van der Waals surface area (Å²) in [5, 5.41) is 23.4.